The number of aliphatic hydroxyl groups is 1. The second-order valence-electron chi connectivity index (χ2n) is 4.61. The average molecular weight is 261 g/mol. The van der Waals surface area contributed by atoms with Crippen molar-refractivity contribution in [1.82, 2.24) is 5.32 Å². The Kier molecular flexibility index (Phi) is 4.98. The van der Waals surface area contributed by atoms with Crippen LogP contribution in [-0.4, -0.2) is 30.3 Å². The molecule has 0 aliphatic carbocycles. The van der Waals surface area contributed by atoms with Gasteiger partial charge in [-0.2, -0.15) is 0 Å². The number of benzene rings is 1. The van der Waals surface area contributed by atoms with Gasteiger partial charge in [0, 0.05) is 13.0 Å². The molecule has 0 fully saturated rings. The highest BCUT2D eigenvalue weighted by molar-refractivity contribution is 5.91. The Bertz CT molecular complexity index is 442. The molecule has 2 rings (SSSR count). The molecule has 1 aromatic carbocycles. The second-order valence-corrected chi connectivity index (χ2v) is 4.61. The van der Waals surface area contributed by atoms with Crippen molar-refractivity contribution in [1.29, 1.82) is 0 Å². The minimum atomic E-state index is -0.587. The largest absolute Gasteiger partial charge is 0.488 e. The van der Waals surface area contributed by atoms with E-state index in [0.29, 0.717) is 18.8 Å². The number of aliphatic hydroxyl groups excluding tert-OH is 1. The van der Waals surface area contributed by atoms with E-state index in [9.17, 15) is 9.90 Å². The third-order valence-corrected chi connectivity index (χ3v) is 2.97. The first kappa shape index (κ1) is 13.6. The predicted octanol–water partition coefficient (Wildman–Crippen LogP) is 1.40. The lowest BCUT2D eigenvalue weighted by Crippen LogP contribution is -2.35. The third kappa shape index (κ3) is 4.41. The van der Waals surface area contributed by atoms with Crippen LogP contribution in [0.3, 0.4) is 0 Å². The van der Waals surface area contributed by atoms with Crippen molar-refractivity contribution in [2.24, 2.45) is 0 Å². The molecule has 1 atom stereocenters. The molecule has 1 aromatic rings. The van der Waals surface area contributed by atoms with Gasteiger partial charge in [0.1, 0.15) is 0 Å². The summed E-state index contributed by atoms with van der Waals surface area (Å²) >= 11 is 0. The summed E-state index contributed by atoms with van der Waals surface area (Å²) in [4.78, 5) is 11.7. The SMILES string of the molecule is O=C(NC[C@@H](O)Cc1ccccc1)C1=CCCCO1. The minimum Gasteiger partial charge on any atom is -0.488 e. The number of rotatable bonds is 5. The van der Waals surface area contributed by atoms with E-state index in [1.165, 1.54) is 0 Å². The van der Waals surface area contributed by atoms with Crippen molar-refractivity contribution in [3.63, 3.8) is 0 Å². The Morgan fingerprint density at radius 3 is 2.84 bits per heavy atom. The highest BCUT2D eigenvalue weighted by Gasteiger charge is 2.15. The van der Waals surface area contributed by atoms with Crippen LogP contribution in [0.1, 0.15) is 18.4 Å². The quantitative estimate of drug-likeness (QED) is 0.842. The van der Waals surface area contributed by atoms with Gasteiger partial charge >= 0.3 is 0 Å². The van der Waals surface area contributed by atoms with Crippen LogP contribution in [0.5, 0.6) is 0 Å². The fourth-order valence-electron chi connectivity index (χ4n) is 1.97. The van der Waals surface area contributed by atoms with Crippen molar-refractivity contribution in [3.05, 3.63) is 47.7 Å². The number of carbonyl (C=O) groups excluding carboxylic acids is 1. The van der Waals surface area contributed by atoms with Gasteiger partial charge in [-0.15, -0.1) is 0 Å². The Hall–Kier alpha value is -1.81. The van der Waals surface area contributed by atoms with Crippen molar-refractivity contribution in [2.75, 3.05) is 13.2 Å². The molecule has 0 bridgehead atoms. The van der Waals surface area contributed by atoms with E-state index in [0.717, 1.165) is 18.4 Å². The molecule has 1 heterocycles. The topological polar surface area (TPSA) is 58.6 Å². The molecule has 0 spiro atoms. The zero-order valence-electron chi connectivity index (χ0n) is 10.8. The molecule has 102 valence electrons. The number of nitrogens with one attached hydrogen (secondary N) is 1. The van der Waals surface area contributed by atoms with E-state index in [-0.39, 0.29) is 12.5 Å². The van der Waals surface area contributed by atoms with E-state index >= 15 is 0 Å². The van der Waals surface area contributed by atoms with Crippen LogP contribution >= 0.6 is 0 Å². The van der Waals surface area contributed by atoms with Crippen LogP contribution in [0.15, 0.2) is 42.2 Å². The molecular weight excluding hydrogens is 242 g/mol. The summed E-state index contributed by atoms with van der Waals surface area (Å²) < 4.78 is 5.26. The highest BCUT2D eigenvalue weighted by atomic mass is 16.5. The van der Waals surface area contributed by atoms with E-state index < -0.39 is 6.10 Å². The summed E-state index contributed by atoms with van der Waals surface area (Å²) in [7, 11) is 0. The van der Waals surface area contributed by atoms with Crippen molar-refractivity contribution in [3.8, 4) is 0 Å². The van der Waals surface area contributed by atoms with Gasteiger partial charge in [-0.1, -0.05) is 30.3 Å². The van der Waals surface area contributed by atoms with Crippen molar-refractivity contribution < 1.29 is 14.6 Å². The fraction of sp³-hybridized carbons (Fsp3) is 0.400. The molecular formula is C15H19NO3. The third-order valence-electron chi connectivity index (χ3n) is 2.97. The van der Waals surface area contributed by atoms with Gasteiger partial charge in [0.2, 0.25) is 0 Å². The highest BCUT2D eigenvalue weighted by Crippen LogP contribution is 2.09. The molecule has 0 saturated carbocycles. The van der Waals surface area contributed by atoms with E-state index in [4.69, 9.17) is 4.74 Å². The van der Waals surface area contributed by atoms with Gasteiger partial charge < -0.3 is 15.2 Å². The lowest BCUT2D eigenvalue weighted by molar-refractivity contribution is -0.121. The number of carbonyl (C=O) groups is 1. The fourth-order valence-corrected chi connectivity index (χ4v) is 1.97. The summed E-state index contributed by atoms with van der Waals surface area (Å²) in [5.41, 5.74) is 1.05. The first-order valence-corrected chi connectivity index (χ1v) is 6.59. The second kappa shape index (κ2) is 6.95. The summed E-state index contributed by atoms with van der Waals surface area (Å²) in [5.74, 6) is 0.130. The standard InChI is InChI=1S/C15H19NO3/c17-13(10-12-6-2-1-3-7-12)11-16-15(18)14-8-4-5-9-19-14/h1-3,6-8,13,17H,4-5,9-11H2,(H,16,18)/t13-/m0/s1. The lowest BCUT2D eigenvalue weighted by Gasteiger charge is -2.16. The van der Waals surface area contributed by atoms with E-state index in [2.05, 4.69) is 5.32 Å². The summed E-state index contributed by atoms with van der Waals surface area (Å²) in [5, 5.41) is 12.6. The number of amides is 1. The average Bonchev–Trinajstić information content (AvgIpc) is 2.47. The van der Waals surface area contributed by atoms with Crippen LogP contribution in [0.4, 0.5) is 0 Å². The molecule has 0 radical (unpaired) electrons. The Morgan fingerprint density at radius 2 is 2.16 bits per heavy atom. The maximum absolute atomic E-state index is 11.7. The normalized spacial score (nSPS) is 16.2. The van der Waals surface area contributed by atoms with Crippen LogP contribution in [0.25, 0.3) is 0 Å². The number of hydrogen-bond acceptors (Lipinski definition) is 3. The molecule has 1 aliphatic heterocycles. The smallest absolute Gasteiger partial charge is 0.286 e. The van der Waals surface area contributed by atoms with Crippen LogP contribution in [0.2, 0.25) is 0 Å². The maximum Gasteiger partial charge on any atom is 0.286 e. The molecule has 2 N–H and O–H groups in total. The van der Waals surface area contributed by atoms with Gasteiger partial charge in [0.05, 0.1) is 12.7 Å². The first-order valence-electron chi connectivity index (χ1n) is 6.59. The molecule has 0 unspecified atom stereocenters. The summed E-state index contributed by atoms with van der Waals surface area (Å²) in [6.07, 6.45) is 3.56. The van der Waals surface area contributed by atoms with Crippen LogP contribution in [0, 0.1) is 0 Å². The van der Waals surface area contributed by atoms with Gasteiger partial charge in [-0.25, -0.2) is 0 Å². The molecule has 0 saturated heterocycles. The number of allylic oxidation sites excluding steroid dienone is 1. The van der Waals surface area contributed by atoms with Crippen molar-refractivity contribution >= 4 is 5.91 Å². The van der Waals surface area contributed by atoms with Gasteiger partial charge in [-0.3, -0.25) is 4.79 Å². The van der Waals surface area contributed by atoms with Gasteiger partial charge in [0.25, 0.3) is 5.91 Å². The Balaban J connectivity index is 1.75. The van der Waals surface area contributed by atoms with E-state index in [1.54, 1.807) is 6.08 Å². The Morgan fingerprint density at radius 1 is 1.37 bits per heavy atom. The molecule has 0 aromatic heterocycles. The first-order chi connectivity index (χ1) is 9.25. The number of ether oxygens (including phenoxy) is 1. The molecule has 1 amide bonds. The summed E-state index contributed by atoms with van der Waals surface area (Å²) in [6, 6.07) is 9.71. The van der Waals surface area contributed by atoms with Crippen LogP contribution < -0.4 is 5.32 Å². The number of hydrogen-bond donors (Lipinski definition) is 2. The van der Waals surface area contributed by atoms with Crippen LogP contribution in [-0.2, 0) is 16.0 Å². The predicted molar refractivity (Wildman–Crippen MR) is 72.4 cm³/mol. The maximum atomic E-state index is 11.7. The lowest BCUT2D eigenvalue weighted by atomic mass is 10.1. The Labute approximate surface area is 113 Å². The van der Waals surface area contributed by atoms with Gasteiger partial charge in [-0.05, 0) is 24.5 Å². The molecule has 1 aliphatic rings. The zero-order chi connectivity index (χ0) is 13.5. The summed E-state index contributed by atoms with van der Waals surface area (Å²) in [6.45, 7) is 0.820. The molecule has 4 heteroatoms. The molecule has 19 heavy (non-hydrogen) atoms. The molecule has 4 nitrogen and oxygen atoms in total. The zero-order valence-corrected chi connectivity index (χ0v) is 10.8. The minimum absolute atomic E-state index is 0.231. The van der Waals surface area contributed by atoms with Gasteiger partial charge in [0.15, 0.2) is 5.76 Å². The van der Waals surface area contributed by atoms with Crippen molar-refractivity contribution in [2.45, 2.75) is 25.4 Å². The monoisotopic (exact) mass is 261 g/mol. The van der Waals surface area contributed by atoms with E-state index in [1.807, 2.05) is 30.3 Å².